The minimum Gasteiger partial charge on any atom is -0.467 e. The first-order valence-corrected chi connectivity index (χ1v) is 6.11. The van der Waals surface area contributed by atoms with Crippen LogP contribution in [0.4, 0.5) is 0 Å². The van der Waals surface area contributed by atoms with Crippen molar-refractivity contribution in [1.82, 2.24) is 10.6 Å². The Morgan fingerprint density at radius 1 is 1.56 bits per heavy atom. The Hall–Kier alpha value is -0.720. The summed E-state index contributed by atoms with van der Waals surface area (Å²) in [5.74, 6) is 1.76. The zero-order valence-electron chi connectivity index (χ0n) is 11.2. The Bertz CT molecular complexity index is 387. The van der Waals surface area contributed by atoms with Gasteiger partial charge in [-0.25, -0.2) is 0 Å². The molecule has 102 valence electrons. The van der Waals surface area contributed by atoms with Crippen molar-refractivity contribution in [1.29, 1.82) is 0 Å². The van der Waals surface area contributed by atoms with E-state index in [4.69, 9.17) is 4.42 Å². The first-order valence-electron chi connectivity index (χ1n) is 6.11. The van der Waals surface area contributed by atoms with Gasteiger partial charge < -0.3 is 15.1 Å². The quantitative estimate of drug-likeness (QED) is 0.493. The van der Waals surface area contributed by atoms with Gasteiger partial charge in [0, 0.05) is 13.1 Å². The molecule has 1 aromatic heterocycles. The fourth-order valence-corrected chi connectivity index (χ4v) is 2.08. The summed E-state index contributed by atoms with van der Waals surface area (Å²) in [5, 5.41) is 6.71. The molecule has 1 saturated carbocycles. The Labute approximate surface area is 126 Å². The monoisotopic (exact) mass is 363 g/mol. The van der Waals surface area contributed by atoms with Crippen LogP contribution in [0.25, 0.3) is 0 Å². The molecular formula is C13H22IN3O. The second-order valence-electron chi connectivity index (χ2n) is 5.23. The predicted molar refractivity (Wildman–Crippen MR) is 84.3 cm³/mol. The summed E-state index contributed by atoms with van der Waals surface area (Å²) in [7, 11) is 1.79. The van der Waals surface area contributed by atoms with E-state index in [9.17, 15) is 0 Å². The molecule has 4 nitrogen and oxygen atoms in total. The molecule has 1 heterocycles. The maximum Gasteiger partial charge on any atom is 0.191 e. The van der Waals surface area contributed by atoms with Gasteiger partial charge in [-0.05, 0) is 30.4 Å². The largest absolute Gasteiger partial charge is 0.467 e. The standard InChI is InChI=1S/C13H21N3O.HI/c1-13(2)7-6-11(13)16-12(14-3)15-9-10-5-4-8-17-10;/h4-5,8,11H,6-7,9H2,1-3H3,(H2,14,15,16);1H. The lowest BCUT2D eigenvalue weighted by molar-refractivity contribution is 0.125. The molecule has 0 spiro atoms. The van der Waals surface area contributed by atoms with Crippen molar-refractivity contribution in [2.45, 2.75) is 39.3 Å². The van der Waals surface area contributed by atoms with E-state index in [-0.39, 0.29) is 24.0 Å². The predicted octanol–water partition coefficient (Wildman–Crippen LogP) is 2.75. The van der Waals surface area contributed by atoms with E-state index >= 15 is 0 Å². The molecule has 1 fully saturated rings. The molecule has 0 aliphatic heterocycles. The van der Waals surface area contributed by atoms with E-state index in [1.165, 1.54) is 12.8 Å². The van der Waals surface area contributed by atoms with Gasteiger partial charge in [0.05, 0.1) is 12.8 Å². The average Bonchev–Trinajstić information content (AvgIpc) is 2.81. The van der Waals surface area contributed by atoms with Gasteiger partial charge >= 0.3 is 0 Å². The SMILES string of the molecule is CN=C(NCc1ccco1)NC1CCC1(C)C.I. The summed E-state index contributed by atoms with van der Waals surface area (Å²) in [5.41, 5.74) is 0.377. The smallest absolute Gasteiger partial charge is 0.191 e. The minimum atomic E-state index is 0. The van der Waals surface area contributed by atoms with Crippen LogP contribution < -0.4 is 10.6 Å². The van der Waals surface area contributed by atoms with Crippen LogP contribution in [0, 0.1) is 5.41 Å². The molecule has 0 bridgehead atoms. The van der Waals surface area contributed by atoms with Gasteiger partial charge in [0.25, 0.3) is 0 Å². The molecule has 2 N–H and O–H groups in total. The van der Waals surface area contributed by atoms with Crippen molar-refractivity contribution >= 4 is 29.9 Å². The molecule has 0 aromatic carbocycles. The number of halogens is 1. The van der Waals surface area contributed by atoms with Gasteiger partial charge in [0.2, 0.25) is 0 Å². The third-order valence-electron chi connectivity index (χ3n) is 3.57. The van der Waals surface area contributed by atoms with E-state index in [1.807, 2.05) is 12.1 Å². The highest BCUT2D eigenvalue weighted by atomic mass is 127. The van der Waals surface area contributed by atoms with Crippen molar-refractivity contribution in [3.05, 3.63) is 24.2 Å². The summed E-state index contributed by atoms with van der Waals surface area (Å²) >= 11 is 0. The van der Waals surface area contributed by atoms with E-state index in [1.54, 1.807) is 13.3 Å². The highest BCUT2D eigenvalue weighted by molar-refractivity contribution is 14.0. The molecule has 18 heavy (non-hydrogen) atoms. The van der Waals surface area contributed by atoms with E-state index in [2.05, 4.69) is 29.5 Å². The second kappa shape index (κ2) is 6.45. The van der Waals surface area contributed by atoms with Crippen LogP contribution in [0.1, 0.15) is 32.4 Å². The number of hydrogen-bond donors (Lipinski definition) is 2. The molecule has 5 heteroatoms. The normalized spacial score (nSPS) is 21.7. The Morgan fingerprint density at radius 3 is 2.78 bits per heavy atom. The van der Waals surface area contributed by atoms with Gasteiger partial charge in [0.15, 0.2) is 5.96 Å². The van der Waals surface area contributed by atoms with Gasteiger partial charge in [-0.2, -0.15) is 0 Å². The van der Waals surface area contributed by atoms with E-state index in [0.29, 0.717) is 18.0 Å². The van der Waals surface area contributed by atoms with Crippen molar-refractivity contribution in [3.63, 3.8) is 0 Å². The zero-order valence-corrected chi connectivity index (χ0v) is 13.5. The number of nitrogens with one attached hydrogen (secondary N) is 2. The molecule has 1 aromatic rings. The van der Waals surface area contributed by atoms with Gasteiger partial charge in [0.1, 0.15) is 5.76 Å². The number of rotatable bonds is 3. The number of guanidine groups is 1. The maximum atomic E-state index is 5.27. The molecule has 0 amide bonds. The fraction of sp³-hybridized carbons (Fsp3) is 0.615. The Balaban J connectivity index is 0.00000162. The summed E-state index contributed by atoms with van der Waals surface area (Å²) in [6.07, 6.45) is 4.18. The zero-order chi connectivity index (χ0) is 12.3. The van der Waals surface area contributed by atoms with Crippen LogP contribution in [0.5, 0.6) is 0 Å². The highest BCUT2D eigenvalue weighted by Crippen LogP contribution is 2.39. The summed E-state index contributed by atoms with van der Waals surface area (Å²) in [6.45, 7) is 5.24. The molecule has 1 atom stereocenters. The number of aliphatic imine (C=N–C) groups is 1. The average molecular weight is 363 g/mol. The lowest BCUT2D eigenvalue weighted by Crippen LogP contribution is -2.55. The molecule has 1 aliphatic rings. The first-order chi connectivity index (χ1) is 8.12. The molecule has 1 unspecified atom stereocenters. The lowest BCUT2D eigenvalue weighted by atomic mass is 9.67. The molecule has 1 aliphatic carbocycles. The Kier molecular flexibility index (Phi) is 5.49. The van der Waals surface area contributed by atoms with E-state index < -0.39 is 0 Å². The molecule has 2 rings (SSSR count). The molecule has 0 radical (unpaired) electrons. The van der Waals surface area contributed by atoms with Crippen molar-refractivity contribution in [3.8, 4) is 0 Å². The van der Waals surface area contributed by atoms with Crippen LogP contribution in [-0.2, 0) is 6.54 Å². The van der Waals surface area contributed by atoms with Crippen LogP contribution in [-0.4, -0.2) is 19.0 Å². The van der Waals surface area contributed by atoms with Crippen LogP contribution >= 0.6 is 24.0 Å². The third kappa shape index (κ3) is 3.63. The Morgan fingerprint density at radius 2 is 2.33 bits per heavy atom. The van der Waals surface area contributed by atoms with Crippen LogP contribution in [0.15, 0.2) is 27.8 Å². The lowest BCUT2D eigenvalue weighted by Gasteiger charge is -2.45. The van der Waals surface area contributed by atoms with Gasteiger partial charge in [-0.3, -0.25) is 4.99 Å². The maximum absolute atomic E-state index is 5.27. The minimum absolute atomic E-state index is 0. The van der Waals surface area contributed by atoms with Crippen molar-refractivity contribution < 1.29 is 4.42 Å². The van der Waals surface area contributed by atoms with Crippen molar-refractivity contribution in [2.75, 3.05) is 7.05 Å². The highest BCUT2D eigenvalue weighted by Gasteiger charge is 2.38. The number of hydrogen-bond acceptors (Lipinski definition) is 2. The van der Waals surface area contributed by atoms with Gasteiger partial charge in [-0.1, -0.05) is 13.8 Å². The first kappa shape index (κ1) is 15.3. The van der Waals surface area contributed by atoms with E-state index in [0.717, 1.165) is 11.7 Å². The second-order valence-corrected chi connectivity index (χ2v) is 5.23. The molecular weight excluding hydrogens is 341 g/mol. The summed E-state index contributed by atoms with van der Waals surface area (Å²) in [6, 6.07) is 4.36. The molecule has 0 saturated heterocycles. The van der Waals surface area contributed by atoms with Crippen LogP contribution in [0.2, 0.25) is 0 Å². The van der Waals surface area contributed by atoms with Crippen molar-refractivity contribution in [2.24, 2.45) is 10.4 Å². The number of furan rings is 1. The summed E-state index contributed by atoms with van der Waals surface area (Å²) in [4.78, 5) is 4.23. The van der Waals surface area contributed by atoms with Gasteiger partial charge in [-0.15, -0.1) is 24.0 Å². The van der Waals surface area contributed by atoms with Crippen LogP contribution in [0.3, 0.4) is 0 Å². The fourth-order valence-electron chi connectivity index (χ4n) is 2.08. The third-order valence-corrected chi connectivity index (χ3v) is 3.57. The summed E-state index contributed by atoms with van der Waals surface area (Å²) < 4.78 is 5.27. The topological polar surface area (TPSA) is 49.6 Å². The number of nitrogens with zero attached hydrogens (tertiary/aromatic N) is 1.